The summed E-state index contributed by atoms with van der Waals surface area (Å²) >= 11 is 3.42. The molecular weight excluding hydrogens is 299 g/mol. The molecule has 1 aliphatic carbocycles. The first kappa shape index (κ1) is 11.7. The predicted octanol–water partition coefficient (Wildman–Crippen LogP) is 3.82. The van der Waals surface area contributed by atoms with E-state index in [1.807, 2.05) is 25.1 Å². The van der Waals surface area contributed by atoms with Crippen molar-refractivity contribution in [1.29, 1.82) is 0 Å². The molecule has 0 amide bonds. The topological polar surface area (TPSA) is 52.0 Å². The van der Waals surface area contributed by atoms with Crippen LogP contribution in [0.2, 0.25) is 0 Å². The fraction of sp³-hybridized carbons (Fsp3) is 0.308. The maximum atomic E-state index is 13.3. The highest BCUT2D eigenvalue weighted by atomic mass is 79.9. The van der Waals surface area contributed by atoms with Gasteiger partial charge in [-0.15, -0.1) is 0 Å². The first-order valence-electron chi connectivity index (χ1n) is 5.73. The van der Waals surface area contributed by atoms with E-state index in [0.717, 1.165) is 21.2 Å². The van der Waals surface area contributed by atoms with Crippen molar-refractivity contribution in [3.05, 3.63) is 33.8 Å². The Bertz CT molecular complexity index is 611. The molecule has 0 saturated heterocycles. The minimum absolute atomic E-state index is 0.0289. The summed E-state index contributed by atoms with van der Waals surface area (Å²) in [5, 5.41) is 3.76. The third-order valence-electron chi connectivity index (χ3n) is 3.33. The minimum Gasteiger partial charge on any atom is -0.381 e. The second-order valence-corrected chi connectivity index (χ2v) is 5.53. The molecule has 3 rings (SSSR count). The molecule has 5 heteroatoms. The molecule has 94 valence electrons. The van der Waals surface area contributed by atoms with Gasteiger partial charge in [-0.2, -0.15) is 0 Å². The Morgan fingerprint density at radius 1 is 1.50 bits per heavy atom. The molecule has 2 unspecified atom stereocenters. The summed E-state index contributed by atoms with van der Waals surface area (Å²) in [7, 11) is 0. The molecule has 1 saturated carbocycles. The Balaban J connectivity index is 2.15. The number of hydrogen-bond acceptors (Lipinski definition) is 3. The maximum Gasteiger partial charge on any atom is 0.172 e. The SMILES string of the molecule is Cc1c(N)noc1-c1cc(Br)ccc1C1CC1F. The third kappa shape index (κ3) is 1.82. The van der Waals surface area contributed by atoms with Crippen LogP contribution in [0.3, 0.4) is 0 Å². The number of benzene rings is 1. The Hall–Kier alpha value is -1.36. The van der Waals surface area contributed by atoms with Gasteiger partial charge >= 0.3 is 0 Å². The van der Waals surface area contributed by atoms with E-state index in [9.17, 15) is 4.39 Å². The number of rotatable bonds is 2. The lowest BCUT2D eigenvalue weighted by molar-refractivity contribution is 0.434. The van der Waals surface area contributed by atoms with Crippen LogP contribution in [0.4, 0.5) is 10.2 Å². The first-order chi connectivity index (χ1) is 8.58. The van der Waals surface area contributed by atoms with Crippen LogP contribution >= 0.6 is 15.9 Å². The van der Waals surface area contributed by atoms with Crippen molar-refractivity contribution in [3.8, 4) is 11.3 Å². The van der Waals surface area contributed by atoms with Gasteiger partial charge in [-0.05, 0) is 31.0 Å². The number of nitrogens with two attached hydrogens (primary N) is 1. The second-order valence-electron chi connectivity index (χ2n) is 4.61. The minimum atomic E-state index is -0.745. The van der Waals surface area contributed by atoms with Gasteiger partial charge in [-0.1, -0.05) is 27.2 Å². The number of nitrogens with zero attached hydrogens (tertiary/aromatic N) is 1. The number of aromatic nitrogens is 1. The van der Waals surface area contributed by atoms with Gasteiger partial charge in [0.25, 0.3) is 0 Å². The van der Waals surface area contributed by atoms with Crippen molar-refractivity contribution in [1.82, 2.24) is 5.16 Å². The van der Waals surface area contributed by atoms with Crippen LogP contribution < -0.4 is 5.73 Å². The summed E-state index contributed by atoms with van der Waals surface area (Å²) in [6, 6.07) is 5.77. The quantitative estimate of drug-likeness (QED) is 0.917. The van der Waals surface area contributed by atoms with Crippen LogP contribution in [0.15, 0.2) is 27.2 Å². The number of anilines is 1. The molecule has 3 nitrogen and oxygen atoms in total. The van der Waals surface area contributed by atoms with Crippen LogP contribution in [-0.4, -0.2) is 11.3 Å². The summed E-state index contributed by atoms with van der Waals surface area (Å²) in [6.45, 7) is 1.85. The lowest BCUT2D eigenvalue weighted by Gasteiger charge is -2.07. The Morgan fingerprint density at radius 2 is 2.22 bits per heavy atom. The van der Waals surface area contributed by atoms with Crippen molar-refractivity contribution < 1.29 is 8.91 Å². The zero-order valence-electron chi connectivity index (χ0n) is 9.78. The van der Waals surface area contributed by atoms with E-state index < -0.39 is 6.17 Å². The molecule has 0 radical (unpaired) electrons. The average Bonchev–Trinajstić information content (AvgIpc) is 2.96. The second kappa shape index (κ2) is 4.09. The first-order valence-corrected chi connectivity index (χ1v) is 6.53. The highest BCUT2D eigenvalue weighted by Crippen LogP contribution is 2.48. The van der Waals surface area contributed by atoms with Crippen molar-refractivity contribution in [3.63, 3.8) is 0 Å². The van der Waals surface area contributed by atoms with Crippen LogP contribution in [-0.2, 0) is 0 Å². The van der Waals surface area contributed by atoms with Crippen molar-refractivity contribution in [2.75, 3.05) is 5.73 Å². The van der Waals surface area contributed by atoms with Gasteiger partial charge in [-0.3, -0.25) is 0 Å². The molecule has 18 heavy (non-hydrogen) atoms. The van der Waals surface area contributed by atoms with Gasteiger partial charge in [0.2, 0.25) is 0 Å². The summed E-state index contributed by atoms with van der Waals surface area (Å²) in [5.41, 5.74) is 8.33. The number of nitrogen functional groups attached to an aromatic ring is 1. The zero-order valence-corrected chi connectivity index (χ0v) is 11.4. The summed E-state index contributed by atoms with van der Waals surface area (Å²) < 4.78 is 19.5. The molecule has 0 bridgehead atoms. The van der Waals surface area contributed by atoms with E-state index in [1.165, 1.54) is 0 Å². The van der Waals surface area contributed by atoms with E-state index in [2.05, 4.69) is 21.1 Å². The fourth-order valence-electron chi connectivity index (χ4n) is 2.13. The molecule has 2 N–H and O–H groups in total. The predicted molar refractivity (Wildman–Crippen MR) is 71.0 cm³/mol. The van der Waals surface area contributed by atoms with Crippen molar-refractivity contribution in [2.24, 2.45) is 0 Å². The normalized spacial score (nSPS) is 22.2. The molecule has 1 aromatic carbocycles. The zero-order chi connectivity index (χ0) is 12.9. The maximum absolute atomic E-state index is 13.3. The Morgan fingerprint density at radius 3 is 2.78 bits per heavy atom. The number of halogens is 2. The molecule has 2 atom stereocenters. The van der Waals surface area contributed by atoms with Crippen LogP contribution in [0.25, 0.3) is 11.3 Å². The van der Waals surface area contributed by atoms with Crippen LogP contribution in [0.5, 0.6) is 0 Å². The van der Waals surface area contributed by atoms with Gasteiger partial charge in [0.1, 0.15) is 6.17 Å². The monoisotopic (exact) mass is 310 g/mol. The molecule has 1 fully saturated rings. The van der Waals surface area contributed by atoms with Crippen LogP contribution in [0.1, 0.15) is 23.5 Å². The lowest BCUT2D eigenvalue weighted by Crippen LogP contribution is -1.91. The molecule has 1 aliphatic rings. The highest BCUT2D eigenvalue weighted by molar-refractivity contribution is 9.10. The lowest BCUT2D eigenvalue weighted by atomic mass is 9.99. The van der Waals surface area contributed by atoms with Gasteiger partial charge in [0.15, 0.2) is 11.6 Å². The third-order valence-corrected chi connectivity index (χ3v) is 3.83. The highest BCUT2D eigenvalue weighted by Gasteiger charge is 2.40. The molecule has 2 aromatic rings. The van der Waals surface area contributed by atoms with Gasteiger partial charge in [-0.25, -0.2) is 4.39 Å². The van der Waals surface area contributed by atoms with E-state index >= 15 is 0 Å². The number of hydrogen-bond donors (Lipinski definition) is 1. The number of alkyl halides is 1. The molecule has 1 heterocycles. The van der Waals surface area contributed by atoms with E-state index in [1.54, 1.807) is 0 Å². The van der Waals surface area contributed by atoms with Gasteiger partial charge in [0.05, 0.1) is 0 Å². The van der Waals surface area contributed by atoms with E-state index in [-0.39, 0.29) is 5.92 Å². The standard InChI is InChI=1S/C13H12BrFN2O/c1-6-12(18-17-13(6)16)10-4-7(14)2-3-8(10)9-5-11(9)15/h2-4,9,11H,5H2,1H3,(H2,16,17). The molecule has 0 aliphatic heterocycles. The summed E-state index contributed by atoms with van der Waals surface area (Å²) in [6.07, 6.45) is -0.164. The van der Waals surface area contributed by atoms with Gasteiger partial charge < -0.3 is 10.3 Å². The summed E-state index contributed by atoms with van der Waals surface area (Å²) in [4.78, 5) is 0. The van der Waals surface area contributed by atoms with E-state index in [4.69, 9.17) is 10.3 Å². The molecule has 1 aromatic heterocycles. The molecular formula is C13H12BrFN2O. The van der Waals surface area contributed by atoms with Crippen molar-refractivity contribution >= 4 is 21.7 Å². The average molecular weight is 311 g/mol. The summed E-state index contributed by atoms with van der Waals surface area (Å²) in [5.74, 6) is 0.977. The molecule has 0 spiro atoms. The fourth-order valence-corrected chi connectivity index (χ4v) is 2.49. The van der Waals surface area contributed by atoms with Gasteiger partial charge in [0, 0.05) is 21.5 Å². The van der Waals surface area contributed by atoms with Crippen molar-refractivity contribution in [2.45, 2.75) is 25.4 Å². The van der Waals surface area contributed by atoms with Crippen LogP contribution in [0, 0.1) is 6.92 Å². The smallest absolute Gasteiger partial charge is 0.172 e. The van der Waals surface area contributed by atoms with E-state index in [0.29, 0.717) is 18.0 Å². The largest absolute Gasteiger partial charge is 0.381 e. The Labute approximate surface area is 112 Å². The Kier molecular flexibility index (Phi) is 2.66.